The zero-order chi connectivity index (χ0) is 15.0. The lowest BCUT2D eigenvalue weighted by Crippen LogP contribution is -2.35. The molecule has 1 unspecified atom stereocenters. The molecule has 2 aromatic carbocycles. The molecule has 0 aromatic heterocycles. The maximum absolute atomic E-state index is 12.9. The summed E-state index contributed by atoms with van der Waals surface area (Å²) in [6.45, 7) is 1.93. The fourth-order valence-corrected chi connectivity index (χ4v) is 4.46. The third-order valence-corrected chi connectivity index (χ3v) is 5.70. The molecule has 0 saturated carbocycles. The molecule has 4 nitrogen and oxygen atoms in total. The Morgan fingerprint density at radius 3 is 2.43 bits per heavy atom. The van der Waals surface area contributed by atoms with Crippen LogP contribution in [0, 0.1) is 0 Å². The first kappa shape index (κ1) is 13.9. The Morgan fingerprint density at radius 2 is 1.76 bits per heavy atom. The van der Waals surface area contributed by atoms with E-state index in [0.717, 1.165) is 17.7 Å². The summed E-state index contributed by atoms with van der Waals surface area (Å²) in [5.74, 6) is 0.642. The predicted octanol–water partition coefficient (Wildman–Crippen LogP) is 2.84. The summed E-state index contributed by atoms with van der Waals surface area (Å²) in [6, 6.07) is 14.1. The Kier molecular flexibility index (Phi) is 3.37. The molecular weight excluding hydrogens is 286 g/mol. The largest absolute Gasteiger partial charge is 0.497 e. The molecule has 1 heterocycles. The van der Waals surface area contributed by atoms with Gasteiger partial charge in [0.1, 0.15) is 5.75 Å². The minimum absolute atomic E-state index is 0.0745. The van der Waals surface area contributed by atoms with E-state index in [0.29, 0.717) is 5.75 Å². The monoisotopic (exact) mass is 303 g/mol. The summed E-state index contributed by atoms with van der Waals surface area (Å²) in [4.78, 5) is 0.284. The van der Waals surface area contributed by atoms with Gasteiger partial charge in [-0.15, -0.1) is 0 Å². The lowest BCUT2D eigenvalue weighted by atomic mass is 10.1. The first-order valence-corrected chi connectivity index (χ1v) is 8.24. The number of hydrogen-bond acceptors (Lipinski definition) is 3. The molecule has 21 heavy (non-hydrogen) atoms. The molecule has 0 fully saturated rings. The van der Waals surface area contributed by atoms with Crippen LogP contribution in [0.1, 0.15) is 12.5 Å². The van der Waals surface area contributed by atoms with Gasteiger partial charge >= 0.3 is 0 Å². The van der Waals surface area contributed by atoms with E-state index in [2.05, 4.69) is 0 Å². The van der Waals surface area contributed by atoms with Crippen LogP contribution in [-0.4, -0.2) is 21.6 Å². The van der Waals surface area contributed by atoms with Crippen molar-refractivity contribution in [2.24, 2.45) is 0 Å². The molecule has 1 atom stereocenters. The van der Waals surface area contributed by atoms with E-state index in [-0.39, 0.29) is 10.9 Å². The van der Waals surface area contributed by atoms with Gasteiger partial charge in [0.2, 0.25) is 0 Å². The summed E-state index contributed by atoms with van der Waals surface area (Å²) < 4.78 is 32.4. The van der Waals surface area contributed by atoms with Gasteiger partial charge in [0.05, 0.1) is 17.7 Å². The highest BCUT2D eigenvalue weighted by Gasteiger charge is 2.35. The van der Waals surface area contributed by atoms with Crippen LogP contribution in [-0.2, 0) is 16.4 Å². The number of anilines is 1. The van der Waals surface area contributed by atoms with Crippen molar-refractivity contribution < 1.29 is 13.2 Å². The molecule has 0 bridgehead atoms. The molecule has 5 heteroatoms. The maximum Gasteiger partial charge on any atom is 0.264 e. The minimum Gasteiger partial charge on any atom is -0.497 e. The van der Waals surface area contributed by atoms with Gasteiger partial charge in [-0.3, -0.25) is 4.31 Å². The summed E-state index contributed by atoms with van der Waals surface area (Å²) >= 11 is 0. The van der Waals surface area contributed by atoms with Crippen molar-refractivity contribution in [2.75, 3.05) is 11.4 Å². The fourth-order valence-electron chi connectivity index (χ4n) is 2.76. The Morgan fingerprint density at radius 1 is 1.10 bits per heavy atom. The van der Waals surface area contributed by atoms with Crippen molar-refractivity contribution in [2.45, 2.75) is 24.3 Å². The Hall–Kier alpha value is -2.01. The second-order valence-corrected chi connectivity index (χ2v) is 6.97. The quantitative estimate of drug-likeness (QED) is 0.876. The van der Waals surface area contributed by atoms with Crippen molar-refractivity contribution in [3.05, 3.63) is 54.1 Å². The molecule has 0 spiro atoms. The van der Waals surface area contributed by atoms with Crippen LogP contribution in [0.25, 0.3) is 0 Å². The Labute approximate surface area is 125 Å². The molecule has 2 aromatic rings. The summed E-state index contributed by atoms with van der Waals surface area (Å²) in [6.07, 6.45) is 0.742. The Balaban J connectivity index is 2.05. The average molecular weight is 303 g/mol. The molecular formula is C16H17NO3S. The highest BCUT2D eigenvalue weighted by atomic mass is 32.2. The van der Waals surface area contributed by atoms with Crippen LogP contribution in [0.4, 0.5) is 5.69 Å². The lowest BCUT2D eigenvalue weighted by molar-refractivity contribution is 0.414. The standard InChI is InChI=1S/C16H17NO3S/c1-12-11-13-5-3-4-6-16(13)17(12)21(18,19)15-9-7-14(20-2)8-10-15/h3-10,12H,11H2,1-2H3. The van der Waals surface area contributed by atoms with Crippen molar-refractivity contribution in [3.63, 3.8) is 0 Å². The Bertz CT molecular complexity index is 753. The molecule has 3 rings (SSSR count). The third-order valence-electron chi connectivity index (χ3n) is 3.76. The van der Waals surface area contributed by atoms with E-state index in [1.807, 2.05) is 31.2 Å². The third kappa shape index (κ3) is 2.27. The topological polar surface area (TPSA) is 46.6 Å². The van der Waals surface area contributed by atoms with Gasteiger partial charge < -0.3 is 4.74 Å². The molecule has 0 N–H and O–H groups in total. The molecule has 0 radical (unpaired) electrons. The predicted molar refractivity (Wildman–Crippen MR) is 82.3 cm³/mol. The van der Waals surface area contributed by atoms with E-state index in [4.69, 9.17) is 4.74 Å². The van der Waals surface area contributed by atoms with Gasteiger partial charge in [-0.2, -0.15) is 0 Å². The van der Waals surface area contributed by atoms with Crippen LogP contribution in [0.15, 0.2) is 53.4 Å². The number of para-hydroxylation sites is 1. The number of benzene rings is 2. The summed E-state index contributed by atoms with van der Waals surface area (Å²) in [5.41, 5.74) is 1.85. The first-order chi connectivity index (χ1) is 10.0. The fraction of sp³-hybridized carbons (Fsp3) is 0.250. The summed E-state index contributed by atoms with van der Waals surface area (Å²) in [7, 11) is -1.99. The van der Waals surface area contributed by atoms with Crippen molar-refractivity contribution >= 4 is 15.7 Å². The first-order valence-electron chi connectivity index (χ1n) is 6.80. The number of rotatable bonds is 3. The van der Waals surface area contributed by atoms with Crippen molar-refractivity contribution in [3.8, 4) is 5.75 Å². The van der Waals surface area contributed by atoms with Crippen LogP contribution in [0.5, 0.6) is 5.75 Å². The summed E-state index contributed by atoms with van der Waals surface area (Å²) in [5, 5.41) is 0. The SMILES string of the molecule is COc1ccc(S(=O)(=O)N2c3ccccc3CC2C)cc1. The molecule has 0 amide bonds. The van der Waals surface area contributed by atoms with Gasteiger partial charge in [-0.05, 0) is 49.2 Å². The van der Waals surface area contributed by atoms with Crippen molar-refractivity contribution in [1.29, 1.82) is 0 Å². The van der Waals surface area contributed by atoms with E-state index >= 15 is 0 Å². The lowest BCUT2D eigenvalue weighted by Gasteiger charge is -2.24. The van der Waals surface area contributed by atoms with E-state index in [1.165, 1.54) is 4.31 Å². The highest BCUT2D eigenvalue weighted by Crippen LogP contribution is 2.36. The number of fused-ring (bicyclic) bond motifs is 1. The molecule has 110 valence electrons. The highest BCUT2D eigenvalue weighted by molar-refractivity contribution is 7.92. The molecule has 1 aliphatic rings. The van der Waals surface area contributed by atoms with E-state index in [9.17, 15) is 8.42 Å². The van der Waals surface area contributed by atoms with Gasteiger partial charge in [0.25, 0.3) is 10.0 Å². The normalized spacial score (nSPS) is 17.6. The second kappa shape index (κ2) is 5.07. The zero-order valence-corrected chi connectivity index (χ0v) is 12.8. The average Bonchev–Trinajstić information content (AvgIpc) is 2.83. The zero-order valence-electron chi connectivity index (χ0n) is 12.0. The second-order valence-electron chi connectivity index (χ2n) is 5.16. The van der Waals surface area contributed by atoms with Crippen LogP contribution in [0.2, 0.25) is 0 Å². The van der Waals surface area contributed by atoms with Crippen LogP contribution < -0.4 is 9.04 Å². The molecule has 0 saturated heterocycles. The minimum atomic E-state index is -3.55. The van der Waals surface area contributed by atoms with Gasteiger partial charge in [0.15, 0.2) is 0 Å². The number of sulfonamides is 1. The van der Waals surface area contributed by atoms with Crippen LogP contribution in [0.3, 0.4) is 0 Å². The van der Waals surface area contributed by atoms with Crippen LogP contribution >= 0.6 is 0 Å². The van der Waals surface area contributed by atoms with Gasteiger partial charge in [-0.25, -0.2) is 8.42 Å². The maximum atomic E-state index is 12.9. The number of hydrogen-bond donors (Lipinski definition) is 0. The smallest absolute Gasteiger partial charge is 0.264 e. The van der Waals surface area contributed by atoms with E-state index < -0.39 is 10.0 Å². The van der Waals surface area contributed by atoms with Gasteiger partial charge in [-0.1, -0.05) is 18.2 Å². The van der Waals surface area contributed by atoms with Crippen molar-refractivity contribution in [1.82, 2.24) is 0 Å². The van der Waals surface area contributed by atoms with E-state index in [1.54, 1.807) is 31.4 Å². The number of methoxy groups -OCH3 is 1. The molecule has 1 aliphatic heterocycles. The molecule has 0 aliphatic carbocycles. The van der Waals surface area contributed by atoms with Gasteiger partial charge in [0, 0.05) is 6.04 Å². The number of nitrogens with zero attached hydrogens (tertiary/aromatic N) is 1. The number of ether oxygens (including phenoxy) is 1.